The fraction of sp³-hybridized carbons (Fsp3) is 0.400. The Bertz CT molecular complexity index is 302. The lowest BCUT2D eigenvalue weighted by molar-refractivity contribution is 0.191. The number of aliphatic hydroxyl groups is 1. The van der Waals surface area contributed by atoms with Crippen LogP contribution in [0.1, 0.15) is 12.5 Å². The van der Waals surface area contributed by atoms with Crippen molar-refractivity contribution >= 4 is 11.6 Å². The van der Waals surface area contributed by atoms with Crippen LogP contribution in [0.5, 0.6) is 5.75 Å². The Kier molecular flexibility index (Phi) is 4.20. The molecule has 1 aromatic carbocycles. The average Bonchev–Trinajstić information content (AvgIpc) is 2.10. The van der Waals surface area contributed by atoms with E-state index in [1.54, 1.807) is 25.1 Å². The van der Waals surface area contributed by atoms with Crippen molar-refractivity contribution in [3.05, 3.63) is 28.8 Å². The number of rotatable bonds is 4. The Morgan fingerprint density at radius 3 is 2.79 bits per heavy atom. The fourth-order valence-electron chi connectivity index (χ4n) is 1.09. The van der Waals surface area contributed by atoms with Gasteiger partial charge in [-0.1, -0.05) is 17.7 Å². The van der Waals surface area contributed by atoms with Gasteiger partial charge in [-0.25, -0.2) is 0 Å². The zero-order valence-corrected chi connectivity index (χ0v) is 8.75. The van der Waals surface area contributed by atoms with E-state index in [1.165, 1.54) is 0 Å². The molecule has 3 N–H and O–H groups in total. The van der Waals surface area contributed by atoms with Crippen LogP contribution >= 0.6 is 11.6 Å². The molecule has 78 valence electrons. The molecule has 0 aliphatic carbocycles. The van der Waals surface area contributed by atoms with Crippen LogP contribution in [-0.2, 0) is 6.54 Å². The maximum absolute atomic E-state index is 9.17. The van der Waals surface area contributed by atoms with Crippen molar-refractivity contribution in [2.24, 2.45) is 0 Å². The lowest BCUT2D eigenvalue weighted by Gasteiger charge is -2.07. The normalized spacial score (nSPS) is 12.8. The van der Waals surface area contributed by atoms with Crippen LogP contribution < -0.4 is 5.32 Å². The molecule has 1 rings (SSSR count). The first kappa shape index (κ1) is 11.3. The first-order valence-corrected chi connectivity index (χ1v) is 4.83. The van der Waals surface area contributed by atoms with Gasteiger partial charge in [0.2, 0.25) is 0 Å². The summed E-state index contributed by atoms with van der Waals surface area (Å²) < 4.78 is 0. The van der Waals surface area contributed by atoms with E-state index in [1.807, 2.05) is 0 Å². The maximum atomic E-state index is 9.17. The zero-order chi connectivity index (χ0) is 10.6. The number of nitrogens with one attached hydrogen (secondary N) is 1. The molecule has 0 saturated heterocycles. The number of benzene rings is 1. The van der Waals surface area contributed by atoms with Crippen LogP contribution in [0.25, 0.3) is 0 Å². The van der Waals surface area contributed by atoms with Gasteiger partial charge in [0.15, 0.2) is 0 Å². The van der Waals surface area contributed by atoms with Crippen molar-refractivity contribution in [2.75, 3.05) is 6.54 Å². The van der Waals surface area contributed by atoms with Crippen LogP contribution in [0.15, 0.2) is 18.2 Å². The quantitative estimate of drug-likeness (QED) is 0.714. The first-order valence-electron chi connectivity index (χ1n) is 4.46. The summed E-state index contributed by atoms with van der Waals surface area (Å²) >= 11 is 5.73. The molecule has 0 aliphatic heterocycles. The molecule has 0 radical (unpaired) electrons. The summed E-state index contributed by atoms with van der Waals surface area (Å²) in [5.41, 5.74) is 0.980. The van der Waals surface area contributed by atoms with Gasteiger partial charge in [-0.3, -0.25) is 0 Å². The Balaban J connectivity index is 2.47. The van der Waals surface area contributed by atoms with Crippen LogP contribution in [0, 0.1) is 0 Å². The third-order valence-electron chi connectivity index (χ3n) is 1.78. The summed E-state index contributed by atoms with van der Waals surface area (Å²) in [5.74, 6) is 0.0888. The average molecular weight is 216 g/mol. The van der Waals surface area contributed by atoms with Crippen molar-refractivity contribution in [2.45, 2.75) is 19.6 Å². The minimum Gasteiger partial charge on any atom is -0.506 e. The summed E-state index contributed by atoms with van der Waals surface area (Å²) in [6, 6.07) is 5.05. The number of hydrogen-bond acceptors (Lipinski definition) is 3. The summed E-state index contributed by atoms with van der Waals surface area (Å²) in [7, 11) is 0. The van der Waals surface area contributed by atoms with Crippen molar-refractivity contribution in [3.63, 3.8) is 0 Å². The Morgan fingerprint density at radius 2 is 2.21 bits per heavy atom. The van der Waals surface area contributed by atoms with Gasteiger partial charge in [0.25, 0.3) is 0 Å². The lowest BCUT2D eigenvalue weighted by atomic mass is 10.2. The maximum Gasteiger partial charge on any atom is 0.134 e. The summed E-state index contributed by atoms with van der Waals surface area (Å²) in [5, 5.41) is 21.6. The van der Waals surface area contributed by atoms with E-state index in [9.17, 15) is 0 Å². The summed E-state index contributed by atoms with van der Waals surface area (Å²) in [4.78, 5) is 0. The minimum absolute atomic E-state index is 0.0888. The first-order chi connectivity index (χ1) is 6.59. The highest BCUT2D eigenvalue weighted by Gasteiger charge is 2.00. The minimum atomic E-state index is -0.359. The van der Waals surface area contributed by atoms with Crippen molar-refractivity contribution < 1.29 is 10.2 Å². The molecule has 1 atom stereocenters. The van der Waals surface area contributed by atoms with Gasteiger partial charge in [0, 0.05) is 13.1 Å². The van der Waals surface area contributed by atoms with E-state index in [0.717, 1.165) is 5.56 Å². The van der Waals surface area contributed by atoms with Crippen LogP contribution in [-0.4, -0.2) is 22.9 Å². The van der Waals surface area contributed by atoms with Gasteiger partial charge in [0.1, 0.15) is 5.75 Å². The van der Waals surface area contributed by atoms with Gasteiger partial charge in [-0.15, -0.1) is 0 Å². The highest BCUT2D eigenvalue weighted by molar-refractivity contribution is 6.32. The Labute approximate surface area is 88.3 Å². The highest BCUT2D eigenvalue weighted by atomic mass is 35.5. The second-order valence-electron chi connectivity index (χ2n) is 3.27. The third-order valence-corrected chi connectivity index (χ3v) is 2.08. The standard InChI is InChI=1S/C10H14ClNO2/c1-7(13)5-12-6-8-2-3-10(14)9(11)4-8/h2-4,7,12-14H,5-6H2,1H3. The van der Waals surface area contributed by atoms with Gasteiger partial charge < -0.3 is 15.5 Å². The number of hydrogen-bond donors (Lipinski definition) is 3. The Morgan fingerprint density at radius 1 is 1.50 bits per heavy atom. The zero-order valence-electron chi connectivity index (χ0n) is 8.00. The number of phenolic OH excluding ortho intramolecular Hbond substituents is 1. The van der Waals surface area contributed by atoms with Crippen molar-refractivity contribution in [3.8, 4) is 5.75 Å². The largest absolute Gasteiger partial charge is 0.506 e. The Hall–Kier alpha value is -0.770. The van der Waals surface area contributed by atoms with Crippen LogP contribution in [0.2, 0.25) is 5.02 Å². The van der Waals surface area contributed by atoms with Crippen molar-refractivity contribution in [1.82, 2.24) is 5.32 Å². The molecule has 14 heavy (non-hydrogen) atoms. The van der Waals surface area contributed by atoms with E-state index in [-0.39, 0.29) is 11.9 Å². The van der Waals surface area contributed by atoms with E-state index >= 15 is 0 Å². The molecule has 0 heterocycles. The van der Waals surface area contributed by atoms with E-state index in [2.05, 4.69) is 5.32 Å². The second-order valence-corrected chi connectivity index (χ2v) is 3.67. The second kappa shape index (κ2) is 5.20. The molecule has 3 nitrogen and oxygen atoms in total. The lowest BCUT2D eigenvalue weighted by Crippen LogP contribution is -2.23. The number of aromatic hydroxyl groups is 1. The molecule has 0 fully saturated rings. The molecule has 0 amide bonds. The van der Waals surface area contributed by atoms with Gasteiger partial charge in [0.05, 0.1) is 11.1 Å². The van der Waals surface area contributed by atoms with E-state index in [0.29, 0.717) is 18.1 Å². The topological polar surface area (TPSA) is 52.5 Å². The number of aliphatic hydroxyl groups excluding tert-OH is 1. The molecule has 1 unspecified atom stereocenters. The molecule has 0 spiro atoms. The predicted molar refractivity (Wildman–Crippen MR) is 56.5 cm³/mol. The SMILES string of the molecule is CC(O)CNCc1ccc(O)c(Cl)c1. The summed E-state index contributed by atoms with van der Waals surface area (Å²) in [6.45, 7) is 2.89. The molecule has 4 heteroatoms. The predicted octanol–water partition coefficient (Wildman–Crippen LogP) is 1.52. The third kappa shape index (κ3) is 3.54. The molecule has 1 aromatic rings. The molecular weight excluding hydrogens is 202 g/mol. The summed E-state index contributed by atoms with van der Waals surface area (Å²) in [6.07, 6.45) is -0.359. The number of halogens is 1. The molecule has 0 aromatic heterocycles. The monoisotopic (exact) mass is 215 g/mol. The highest BCUT2D eigenvalue weighted by Crippen LogP contribution is 2.23. The molecule has 0 aliphatic rings. The number of phenols is 1. The smallest absolute Gasteiger partial charge is 0.134 e. The van der Waals surface area contributed by atoms with Gasteiger partial charge in [-0.2, -0.15) is 0 Å². The van der Waals surface area contributed by atoms with Crippen LogP contribution in [0.3, 0.4) is 0 Å². The van der Waals surface area contributed by atoms with Gasteiger partial charge >= 0.3 is 0 Å². The molecule has 0 saturated carbocycles. The van der Waals surface area contributed by atoms with E-state index < -0.39 is 0 Å². The van der Waals surface area contributed by atoms with Gasteiger partial charge in [-0.05, 0) is 24.6 Å². The fourth-order valence-corrected chi connectivity index (χ4v) is 1.29. The van der Waals surface area contributed by atoms with Crippen LogP contribution in [0.4, 0.5) is 0 Å². The van der Waals surface area contributed by atoms with Crippen molar-refractivity contribution in [1.29, 1.82) is 0 Å². The molecular formula is C10H14ClNO2. The van der Waals surface area contributed by atoms with E-state index in [4.69, 9.17) is 21.8 Å². The molecule has 0 bridgehead atoms.